The van der Waals surface area contributed by atoms with Gasteiger partial charge in [-0.15, -0.1) is 0 Å². The minimum Gasteiger partial charge on any atom is -0.396 e. The molecule has 0 bridgehead atoms. The first kappa shape index (κ1) is 15.9. The second-order valence-electron chi connectivity index (χ2n) is 6.80. The van der Waals surface area contributed by atoms with Gasteiger partial charge in [0.1, 0.15) is 5.82 Å². The van der Waals surface area contributed by atoms with Crippen molar-refractivity contribution in [2.45, 2.75) is 44.6 Å². The van der Waals surface area contributed by atoms with Gasteiger partial charge >= 0.3 is 0 Å². The Morgan fingerprint density at radius 1 is 1.52 bits per heavy atom. The predicted octanol–water partition coefficient (Wildman–Crippen LogP) is 1.92. The van der Waals surface area contributed by atoms with Crippen LogP contribution in [0.25, 0.3) is 0 Å². The highest BCUT2D eigenvalue weighted by atomic mass is 19.1. The summed E-state index contributed by atoms with van der Waals surface area (Å²) in [5.41, 5.74) is 0.669. The van der Waals surface area contributed by atoms with Gasteiger partial charge < -0.3 is 15.7 Å². The normalized spacial score (nSPS) is 29.8. The third-order valence-electron chi connectivity index (χ3n) is 5.13. The molecule has 2 aliphatic rings. The highest BCUT2D eigenvalue weighted by Crippen LogP contribution is 2.39. The number of aliphatic hydroxyl groups excluding tert-OH is 1. The van der Waals surface area contributed by atoms with E-state index in [-0.39, 0.29) is 36.3 Å². The third kappa shape index (κ3) is 2.95. The zero-order valence-electron chi connectivity index (χ0n) is 13.1. The molecule has 1 fully saturated rings. The molecule has 2 amide bonds. The quantitative estimate of drug-likeness (QED) is 0.796. The Morgan fingerprint density at radius 2 is 2.30 bits per heavy atom. The van der Waals surface area contributed by atoms with E-state index in [1.165, 1.54) is 12.1 Å². The monoisotopic (exact) mass is 320 g/mol. The summed E-state index contributed by atoms with van der Waals surface area (Å²) in [6, 6.07) is 3.98. The van der Waals surface area contributed by atoms with Gasteiger partial charge in [0, 0.05) is 23.6 Å². The first-order chi connectivity index (χ1) is 10.9. The molecular formula is C17H21FN2O3. The van der Waals surface area contributed by atoms with E-state index in [9.17, 15) is 19.1 Å². The number of halogens is 1. The van der Waals surface area contributed by atoms with Crippen molar-refractivity contribution in [3.63, 3.8) is 0 Å². The van der Waals surface area contributed by atoms with Gasteiger partial charge in [0.2, 0.25) is 11.8 Å². The molecule has 5 nitrogen and oxygen atoms in total. The Kier molecular flexibility index (Phi) is 4.10. The van der Waals surface area contributed by atoms with Gasteiger partial charge in [0.05, 0.1) is 12.5 Å². The molecule has 0 saturated heterocycles. The summed E-state index contributed by atoms with van der Waals surface area (Å²) in [6.45, 7) is 1.98. The smallest absolute Gasteiger partial charge is 0.228 e. The van der Waals surface area contributed by atoms with Crippen LogP contribution in [0.5, 0.6) is 0 Å². The maximum Gasteiger partial charge on any atom is 0.228 e. The number of carbonyl (C=O) groups is 2. The standard InChI is InChI=1S/C17H21FN2O3/c1-17(9-21)6-2-3-14(17)20-16(23)12-8-15(22)19-13-7-10(18)4-5-11(12)13/h4-5,7,12,14,21H,2-3,6,8-9H2,1H3,(H,19,22)(H,20,23). The van der Waals surface area contributed by atoms with Crippen molar-refractivity contribution in [1.82, 2.24) is 5.32 Å². The third-order valence-corrected chi connectivity index (χ3v) is 5.13. The fourth-order valence-corrected chi connectivity index (χ4v) is 3.61. The summed E-state index contributed by atoms with van der Waals surface area (Å²) in [4.78, 5) is 24.5. The molecule has 6 heteroatoms. The molecule has 1 aliphatic heterocycles. The number of carbonyl (C=O) groups excluding carboxylic acids is 2. The maximum absolute atomic E-state index is 13.3. The zero-order valence-corrected chi connectivity index (χ0v) is 13.1. The van der Waals surface area contributed by atoms with Gasteiger partial charge in [0.25, 0.3) is 0 Å². The number of amides is 2. The molecule has 1 aromatic rings. The van der Waals surface area contributed by atoms with Crippen LogP contribution in [0.4, 0.5) is 10.1 Å². The fourth-order valence-electron chi connectivity index (χ4n) is 3.61. The number of hydrogen-bond acceptors (Lipinski definition) is 3. The van der Waals surface area contributed by atoms with E-state index in [2.05, 4.69) is 10.6 Å². The van der Waals surface area contributed by atoms with Crippen LogP contribution in [-0.2, 0) is 9.59 Å². The summed E-state index contributed by atoms with van der Waals surface area (Å²) < 4.78 is 13.3. The lowest BCUT2D eigenvalue weighted by molar-refractivity contribution is -0.127. The van der Waals surface area contributed by atoms with Gasteiger partial charge in [-0.2, -0.15) is 0 Å². The van der Waals surface area contributed by atoms with Crippen LogP contribution < -0.4 is 10.6 Å². The van der Waals surface area contributed by atoms with Crippen molar-refractivity contribution in [2.75, 3.05) is 11.9 Å². The number of aliphatic hydroxyl groups is 1. The number of fused-ring (bicyclic) bond motifs is 1. The van der Waals surface area contributed by atoms with E-state index in [0.717, 1.165) is 19.3 Å². The topological polar surface area (TPSA) is 78.4 Å². The molecule has 3 N–H and O–H groups in total. The lowest BCUT2D eigenvalue weighted by Crippen LogP contribution is -2.47. The molecule has 0 radical (unpaired) electrons. The molecule has 3 unspecified atom stereocenters. The Labute approximate surface area is 134 Å². The molecule has 0 aromatic heterocycles. The van der Waals surface area contributed by atoms with E-state index < -0.39 is 11.7 Å². The van der Waals surface area contributed by atoms with Crippen LogP contribution in [0.2, 0.25) is 0 Å². The number of hydrogen-bond donors (Lipinski definition) is 3. The molecule has 1 aromatic carbocycles. The summed E-state index contributed by atoms with van der Waals surface area (Å²) in [5.74, 6) is -1.60. The number of anilines is 1. The van der Waals surface area contributed by atoms with Crippen molar-refractivity contribution < 1.29 is 19.1 Å². The van der Waals surface area contributed by atoms with E-state index in [0.29, 0.717) is 11.3 Å². The average Bonchev–Trinajstić information content (AvgIpc) is 2.87. The lowest BCUT2D eigenvalue weighted by atomic mass is 9.84. The summed E-state index contributed by atoms with van der Waals surface area (Å²) in [7, 11) is 0. The predicted molar refractivity (Wildman–Crippen MR) is 83.4 cm³/mol. The average molecular weight is 320 g/mol. The Balaban J connectivity index is 1.82. The van der Waals surface area contributed by atoms with Gasteiger partial charge in [-0.1, -0.05) is 19.4 Å². The molecule has 1 saturated carbocycles. The number of nitrogens with one attached hydrogen (secondary N) is 2. The molecule has 1 aliphatic carbocycles. The van der Waals surface area contributed by atoms with Gasteiger partial charge in [-0.25, -0.2) is 4.39 Å². The molecule has 124 valence electrons. The van der Waals surface area contributed by atoms with E-state index in [1.807, 2.05) is 6.92 Å². The Hall–Kier alpha value is -1.95. The van der Waals surface area contributed by atoms with E-state index in [4.69, 9.17) is 0 Å². The first-order valence-electron chi connectivity index (χ1n) is 7.93. The molecule has 0 spiro atoms. The van der Waals surface area contributed by atoms with Crippen molar-refractivity contribution in [1.29, 1.82) is 0 Å². The van der Waals surface area contributed by atoms with Crippen LogP contribution in [-0.4, -0.2) is 29.6 Å². The van der Waals surface area contributed by atoms with Crippen LogP contribution in [0, 0.1) is 11.2 Å². The van der Waals surface area contributed by atoms with E-state index in [1.54, 1.807) is 6.07 Å². The number of rotatable bonds is 3. The molecule has 23 heavy (non-hydrogen) atoms. The lowest BCUT2D eigenvalue weighted by Gasteiger charge is -2.32. The molecular weight excluding hydrogens is 299 g/mol. The number of benzene rings is 1. The first-order valence-corrected chi connectivity index (χ1v) is 7.93. The zero-order chi connectivity index (χ0) is 16.6. The summed E-state index contributed by atoms with van der Waals surface area (Å²) in [5, 5.41) is 15.2. The highest BCUT2D eigenvalue weighted by Gasteiger charge is 2.41. The van der Waals surface area contributed by atoms with Crippen molar-refractivity contribution in [3.05, 3.63) is 29.6 Å². The second kappa shape index (κ2) is 5.92. The van der Waals surface area contributed by atoms with Crippen LogP contribution in [0.3, 0.4) is 0 Å². The summed E-state index contributed by atoms with van der Waals surface area (Å²) >= 11 is 0. The van der Waals surface area contributed by atoms with Crippen molar-refractivity contribution in [3.8, 4) is 0 Å². The second-order valence-corrected chi connectivity index (χ2v) is 6.80. The van der Waals surface area contributed by atoms with Crippen LogP contribution >= 0.6 is 0 Å². The SMILES string of the molecule is CC1(CO)CCCC1NC(=O)C1CC(=O)Nc2cc(F)ccc21. The minimum absolute atomic E-state index is 0.0187. The van der Waals surface area contributed by atoms with Crippen molar-refractivity contribution >= 4 is 17.5 Å². The van der Waals surface area contributed by atoms with Crippen molar-refractivity contribution in [2.24, 2.45) is 5.41 Å². The van der Waals surface area contributed by atoms with Gasteiger partial charge in [-0.05, 0) is 30.5 Å². The van der Waals surface area contributed by atoms with Crippen LogP contribution in [0.15, 0.2) is 18.2 Å². The van der Waals surface area contributed by atoms with E-state index >= 15 is 0 Å². The Morgan fingerprint density at radius 3 is 3.04 bits per heavy atom. The Bertz CT molecular complexity index is 649. The minimum atomic E-state index is -0.622. The fraction of sp³-hybridized carbons (Fsp3) is 0.529. The highest BCUT2D eigenvalue weighted by molar-refractivity contribution is 6.01. The summed E-state index contributed by atoms with van der Waals surface area (Å²) in [6.07, 6.45) is 2.68. The molecule has 1 heterocycles. The van der Waals surface area contributed by atoms with Gasteiger partial charge in [-0.3, -0.25) is 9.59 Å². The molecule has 3 atom stereocenters. The van der Waals surface area contributed by atoms with Crippen LogP contribution in [0.1, 0.15) is 44.1 Å². The van der Waals surface area contributed by atoms with Gasteiger partial charge in [0.15, 0.2) is 0 Å². The maximum atomic E-state index is 13.3. The largest absolute Gasteiger partial charge is 0.396 e. The molecule has 3 rings (SSSR count).